The summed E-state index contributed by atoms with van der Waals surface area (Å²) in [6.07, 6.45) is 7.52. The molecule has 100 valence electrons. The van der Waals surface area contributed by atoms with E-state index in [1.807, 2.05) is 12.1 Å². The van der Waals surface area contributed by atoms with Crippen LogP contribution in [0.2, 0.25) is 0 Å². The second-order valence-electron chi connectivity index (χ2n) is 5.40. The van der Waals surface area contributed by atoms with Crippen LogP contribution in [0, 0.1) is 5.41 Å². The van der Waals surface area contributed by atoms with Gasteiger partial charge in [0.15, 0.2) is 0 Å². The van der Waals surface area contributed by atoms with Crippen LogP contribution in [0.1, 0.15) is 37.7 Å². The zero-order chi connectivity index (χ0) is 13.0. The Morgan fingerprint density at radius 3 is 2.61 bits per heavy atom. The van der Waals surface area contributed by atoms with Crippen molar-refractivity contribution in [3.05, 3.63) is 28.2 Å². The van der Waals surface area contributed by atoms with Crippen molar-refractivity contribution < 1.29 is 4.74 Å². The molecule has 1 aliphatic carbocycles. The van der Waals surface area contributed by atoms with Gasteiger partial charge in [-0.1, -0.05) is 35.2 Å². The molecular weight excluding hydrogens is 290 g/mol. The summed E-state index contributed by atoms with van der Waals surface area (Å²) in [5, 5.41) is 0. The molecule has 18 heavy (non-hydrogen) atoms. The molecule has 2 rings (SSSR count). The van der Waals surface area contributed by atoms with Gasteiger partial charge in [0.1, 0.15) is 5.75 Å². The summed E-state index contributed by atoms with van der Waals surface area (Å²) in [6, 6.07) is 6.23. The molecule has 3 heteroatoms. The zero-order valence-corrected chi connectivity index (χ0v) is 12.6. The Morgan fingerprint density at radius 2 is 2.00 bits per heavy atom. The molecule has 0 bridgehead atoms. The molecule has 1 aliphatic rings. The van der Waals surface area contributed by atoms with E-state index in [0.29, 0.717) is 0 Å². The Bertz CT molecular complexity index is 399. The van der Waals surface area contributed by atoms with E-state index in [1.54, 1.807) is 7.11 Å². The largest absolute Gasteiger partial charge is 0.496 e. The van der Waals surface area contributed by atoms with Crippen molar-refractivity contribution in [1.29, 1.82) is 0 Å². The highest BCUT2D eigenvalue weighted by Crippen LogP contribution is 2.40. The minimum absolute atomic E-state index is 0.284. The maximum atomic E-state index is 6.06. The van der Waals surface area contributed by atoms with Gasteiger partial charge in [0, 0.05) is 4.47 Å². The SMILES string of the molecule is COc1ccc(Br)cc1CC1(CN)CCCCC1. The fourth-order valence-corrected chi connectivity index (χ4v) is 3.45. The number of halogens is 1. The third-order valence-electron chi connectivity index (χ3n) is 4.16. The topological polar surface area (TPSA) is 35.2 Å². The molecule has 2 nitrogen and oxygen atoms in total. The van der Waals surface area contributed by atoms with E-state index in [9.17, 15) is 0 Å². The second-order valence-corrected chi connectivity index (χ2v) is 6.31. The van der Waals surface area contributed by atoms with E-state index >= 15 is 0 Å². The first-order valence-corrected chi connectivity index (χ1v) is 7.51. The van der Waals surface area contributed by atoms with Crippen molar-refractivity contribution in [1.82, 2.24) is 0 Å². The normalized spacial score (nSPS) is 18.6. The van der Waals surface area contributed by atoms with Gasteiger partial charge in [0.2, 0.25) is 0 Å². The van der Waals surface area contributed by atoms with Gasteiger partial charge < -0.3 is 10.5 Å². The predicted molar refractivity (Wildman–Crippen MR) is 79.0 cm³/mol. The molecule has 1 aromatic rings. The number of hydrogen-bond acceptors (Lipinski definition) is 2. The van der Waals surface area contributed by atoms with E-state index in [0.717, 1.165) is 23.2 Å². The summed E-state index contributed by atoms with van der Waals surface area (Å²) in [6.45, 7) is 0.780. The lowest BCUT2D eigenvalue weighted by molar-refractivity contribution is 0.195. The Balaban J connectivity index is 2.23. The molecule has 0 amide bonds. The summed E-state index contributed by atoms with van der Waals surface area (Å²) in [7, 11) is 1.74. The smallest absolute Gasteiger partial charge is 0.122 e. The molecule has 0 spiro atoms. The lowest BCUT2D eigenvalue weighted by Gasteiger charge is -2.36. The van der Waals surface area contributed by atoms with Crippen molar-refractivity contribution >= 4 is 15.9 Å². The fourth-order valence-electron chi connectivity index (χ4n) is 3.04. The zero-order valence-electron chi connectivity index (χ0n) is 11.0. The van der Waals surface area contributed by atoms with Crippen molar-refractivity contribution in [3.8, 4) is 5.75 Å². The first kappa shape index (κ1) is 13.9. The molecule has 1 saturated carbocycles. The van der Waals surface area contributed by atoms with E-state index in [2.05, 4.69) is 22.0 Å². The first-order valence-electron chi connectivity index (χ1n) is 6.72. The van der Waals surface area contributed by atoms with Crippen molar-refractivity contribution in [2.45, 2.75) is 38.5 Å². The first-order chi connectivity index (χ1) is 8.69. The minimum atomic E-state index is 0.284. The lowest BCUT2D eigenvalue weighted by Crippen LogP contribution is -2.35. The molecule has 1 aromatic carbocycles. The van der Waals surface area contributed by atoms with Gasteiger partial charge in [-0.2, -0.15) is 0 Å². The summed E-state index contributed by atoms with van der Waals surface area (Å²) >= 11 is 3.54. The van der Waals surface area contributed by atoms with Crippen molar-refractivity contribution in [2.24, 2.45) is 11.1 Å². The second kappa shape index (κ2) is 6.07. The Hall–Kier alpha value is -0.540. The minimum Gasteiger partial charge on any atom is -0.496 e. The summed E-state index contributed by atoms with van der Waals surface area (Å²) < 4.78 is 6.58. The Morgan fingerprint density at radius 1 is 1.28 bits per heavy atom. The van der Waals surface area contributed by atoms with Crippen LogP contribution in [-0.2, 0) is 6.42 Å². The van der Waals surface area contributed by atoms with Crippen LogP contribution in [0.15, 0.2) is 22.7 Å². The van der Waals surface area contributed by atoms with Crippen LogP contribution in [0.3, 0.4) is 0 Å². The molecule has 0 unspecified atom stereocenters. The van der Waals surface area contributed by atoms with Crippen LogP contribution in [0.25, 0.3) is 0 Å². The molecule has 0 atom stereocenters. The van der Waals surface area contributed by atoms with Crippen LogP contribution < -0.4 is 10.5 Å². The monoisotopic (exact) mass is 311 g/mol. The molecule has 0 heterocycles. The summed E-state index contributed by atoms with van der Waals surface area (Å²) in [4.78, 5) is 0. The maximum absolute atomic E-state index is 6.06. The van der Waals surface area contributed by atoms with E-state index < -0.39 is 0 Å². The third kappa shape index (κ3) is 3.07. The summed E-state index contributed by atoms with van der Waals surface area (Å²) in [5.74, 6) is 0.983. The van der Waals surface area contributed by atoms with Gasteiger partial charge in [0.05, 0.1) is 7.11 Å². The molecule has 1 fully saturated rings. The van der Waals surface area contributed by atoms with Gasteiger partial charge in [-0.05, 0) is 55.0 Å². The summed E-state index contributed by atoms with van der Waals surface area (Å²) in [5.41, 5.74) is 7.62. The number of benzene rings is 1. The molecular formula is C15H22BrNO. The Kier molecular flexibility index (Phi) is 4.68. The highest BCUT2D eigenvalue weighted by atomic mass is 79.9. The van der Waals surface area contributed by atoms with Gasteiger partial charge in [-0.15, -0.1) is 0 Å². The van der Waals surface area contributed by atoms with Gasteiger partial charge in [-0.25, -0.2) is 0 Å². The maximum Gasteiger partial charge on any atom is 0.122 e. The Labute approximate surface area is 118 Å². The van der Waals surface area contributed by atoms with Gasteiger partial charge in [-0.3, -0.25) is 0 Å². The number of methoxy groups -OCH3 is 1. The number of ether oxygens (including phenoxy) is 1. The van der Waals surface area contributed by atoms with Crippen LogP contribution in [0.4, 0.5) is 0 Å². The number of nitrogens with two attached hydrogens (primary N) is 1. The molecule has 2 N–H and O–H groups in total. The number of rotatable bonds is 4. The van der Waals surface area contributed by atoms with Gasteiger partial charge >= 0.3 is 0 Å². The highest BCUT2D eigenvalue weighted by Gasteiger charge is 2.31. The highest BCUT2D eigenvalue weighted by molar-refractivity contribution is 9.10. The van der Waals surface area contributed by atoms with Crippen LogP contribution >= 0.6 is 15.9 Å². The van der Waals surface area contributed by atoms with Crippen LogP contribution in [-0.4, -0.2) is 13.7 Å². The lowest BCUT2D eigenvalue weighted by atomic mass is 9.70. The molecule has 0 saturated heterocycles. The van der Waals surface area contributed by atoms with Crippen molar-refractivity contribution in [3.63, 3.8) is 0 Å². The van der Waals surface area contributed by atoms with E-state index in [4.69, 9.17) is 10.5 Å². The van der Waals surface area contributed by atoms with E-state index in [1.165, 1.54) is 37.7 Å². The third-order valence-corrected chi connectivity index (χ3v) is 4.65. The standard InChI is InChI=1S/C15H22BrNO/c1-18-14-6-5-13(16)9-12(14)10-15(11-17)7-3-2-4-8-15/h5-6,9H,2-4,7-8,10-11,17H2,1H3. The molecule has 0 aromatic heterocycles. The number of hydrogen-bond donors (Lipinski definition) is 1. The average Bonchev–Trinajstić information content (AvgIpc) is 2.40. The van der Waals surface area contributed by atoms with Crippen LogP contribution in [0.5, 0.6) is 5.75 Å². The fraction of sp³-hybridized carbons (Fsp3) is 0.600. The molecule has 0 aliphatic heterocycles. The quantitative estimate of drug-likeness (QED) is 0.915. The van der Waals surface area contributed by atoms with E-state index in [-0.39, 0.29) is 5.41 Å². The molecule has 0 radical (unpaired) electrons. The van der Waals surface area contributed by atoms with Crippen molar-refractivity contribution in [2.75, 3.05) is 13.7 Å². The predicted octanol–water partition coefficient (Wildman–Crippen LogP) is 3.91. The average molecular weight is 312 g/mol. The van der Waals surface area contributed by atoms with Gasteiger partial charge in [0.25, 0.3) is 0 Å².